The summed E-state index contributed by atoms with van der Waals surface area (Å²) >= 11 is 0. The number of ether oxygens (including phenoxy) is 1. The van der Waals surface area contributed by atoms with Crippen molar-refractivity contribution in [3.63, 3.8) is 0 Å². The number of nitrogens with two attached hydrogens (primary N) is 1. The Morgan fingerprint density at radius 2 is 1.80 bits per heavy atom. The van der Waals surface area contributed by atoms with Crippen molar-refractivity contribution < 1.29 is 22.3 Å². The zero-order chi connectivity index (χ0) is 15.3. The second-order valence-electron chi connectivity index (χ2n) is 4.37. The van der Waals surface area contributed by atoms with E-state index in [-0.39, 0.29) is 25.5 Å². The van der Waals surface area contributed by atoms with Crippen LogP contribution in [-0.2, 0) is 0 Å². The molecule has 3 nitrogen and oxygen atoms in total. The van der Waals surface area contributed by atoms with E-state index >= 15 is 0 Å². The molecule has 0 bridgehead atoms. The minimum Gasteiger partial charge on any atom is -0.487 e. The lowest BCUT2D eigenvalue weighted by Gasteiger charge is -2.19. The Kier molecular flexibility index (Phi) is 5.34. The number of benzene rings is 1. The SMILES string of the molecule is CCC(N)(C#N)CCCOc1c(F)c(F)cc(F)c1F. The van der Waals surface area contributed by atoms with Crippen molar-refractivity contribution >= 4 is 0 Å². The fourth-order valence-corrected chi connectivity index (χ4v) is 1.55. The molecule has 0 saturated heterocycles. The van der Waals surface area contributed by atoms with Crippen LogP contribution in [0.25, 0.3) is 0 Å². The molecule has 110 valence electrons. The summed E-state index contributed by atoms with van der Waals surface area (Å²) in [6, 6.07) is 2.03. The molecule has 20 heavy (non-hydrogen) atoms. The quantitative estimate of drug-likeness (QED) is 0.497. The molecule has 1 unspecified atom stereocenters. The van der Waals surface area contributed by atoms with Gasteiger partial charge in [-0.25, -0.2) is 8.78 Å². The molecule has 0 spiro atoms. The van der Waals surface area contributed by atoms with Crippen LogP contribution in [-0.4, -0.2) is 12.1 Å². The molecule has 1 aromatic carbocycles. The summed E-state index contributed by atoms with van der Waals surface area (Å²) in [5.41, 5.74) is 4.65. The van der Waals surface area contributed by atoms with Crippen LogP contribution in [0.2, 0.25) is 0 Å². The molecule has 0 aliphatic carbocycles. The molecule has 0 aliphatic heterocycles. The summed E-state index contributed by atoms with van der Waals surface area (Å²) in [6.45, 7) is 1.52. The lowest BCUT2D eigenvalue weighted by molar-refractivity contribution is 0.256. The topological polar surface area (TPSA) is 59.0 Å². The van der Waals surface area contributed by atoms with E-state index in [4.69, 9.17) is 15.7 Å². The highest BCUT2D eigenvalue weighted by molar-refractivity contribution is 5.28. The molecular formula is C13H14F4N2O. The van der Waals surface area contributed by atoms with Gasteiger partial charge < -0.3 is 10.5 Å². The van der Waals surface area contributed by atoms with Crippen LogP contribution in [0.5, 0.6) is 5.75 Å². The van der Waals surface area contributed by atoms with E-state index in [9.17, 15) is 17.6 Å². The predicted octanol–water partition coefficient (Wildman–Crippen LogP) is 3.03. The molecule has 7 heteroatoms. The summed E-state index contributed by atoms with van der Waals surface area (Å²) in [7, 11) is 0. The van der Waals surface area contributed by atoms with Gasteiger partial charge in [-0.2, -0.15) is 14.0 Å². The van der Waals surface area contributed by atoms with Crippen LogP contribution in [0.15, 0.2) is 6.07 Å². The summed E-state index contributed by atoms with van der Waals surface area (Å²) in [5, 5.41) is 8.83. The monoisotopic (exact) mass is 290 g/mol. The molecular weight excluding hydrogens is 276 g/mol. The Bertz CT molecular complexity index is 504. The highest BCUT2D eigenvalue weighted by Crippen LogP contribution is 2.26. The maximum absolute atomic E-state index is 13.3. The van der Waals surface area contributed by atoms with E-state index < -0.39 is 34.6 Å². The van der Waals surface area contributed by atoms with Gasteiger partial charge in [0.25, 0.3) is 0 Å². The maximum atomic E-state index is 13.3. The summed E-state index contributed by atoms with van der Waals surface area (Å²) in [5.74, 6) is -7.33. The highest BCUT2D eigenvalue weighted by Gasteiger charge is 2.23. The smallest absolute Gasteiger partial charge is 0.203 e. The largest absolute Gasteiger partial charge is 0.487 e. The van der Waals surface area contributed by atoms with E-state index in [1.807, 2.05) is 6.07 Å². The number of nitriles is 1. The molecule has 2 N–H and O–H groups in total. The standard InChI is InChI=1S/C13H14F4N2O/c1-2-13(19,7-18)4-3-5-20-12-10(16)8(14)6-9(15)11(12)17/h6H,2-5,19H2,1H3. The molecule has 0 amide bonds. The highest BCUT2D eigenvalue weighted by atomic mass is 19.2. The minimum atomic E-state index is -1.58. The first-order valence-corrected chi connectivity index (χ1v) is 6.00. The van der Waals surface area contributed by atoms with E-state index in [2.05, 4.69) is 0 Å². The Morgan fingerprint density at radius 1 is 1.25 bits per heavy atom. The van der Waals surface area contributed by atoms with Crippen molar-refractivity contribution in [1.29, 1.82) is 5.26 Å². The number of nitrogens with zero attached hydrogens (tertiary/aromatic N) is 1. The predicted molar refractivity (Wildman–Crippen MR) is 63.8 cm³/mol. The molecule has 0 saturated carbocycles. The van der Waals surface area contributed by atoms with Crippen LogP contribution < -0.4 is 10.5 Å². The fraction of sp³-hybridized carbons (Fsp3) is 0.462. The summed E-state index contributed by atoms with van der Waals surface area (Å²) in [6.07, 6.45) is 0.858. The van der Waals surface area contributed by atoms with Crippen molar-refractivity contribution in [2.75, 3.05) is 6.61 Å². The van der Waals surface area contributed by atoms with Gasteiger partial charge in [-0.15, -0.1) is 0 Å². The maximum Gasteiger partial charge on any atom is 0.203 e. The van der Waals surface area contributed by atoms with Crippen LogP contribution in [0, 0.1) is 34.6 Å². The van der Waals surface area contributed by atoms with E-state index in [0.717, 1.165) is 0 Å². The third kappa shape index (κ3) is 3.61. The van der Waals surface area contributed by atoms with Gasteiger partial charge in [0.05, 0.1) is 12.7 Å². The van der Waals surface area contributed by atoms with Gasteiger partial charge in [0.1, 0.15) is 5.54 Å². The van der Waals surface area contributed by atoms with Crippen LogP contribution >= 0.6 is 0 Å². The molecule has 0 aliphatic rings. The fourth-order valence-electron chi connectivity index (χ4n) is 1.55. The zero-order valence-corrected chi connectivity index (χ0v) is 10.9. The van der Waals surface area contributed by atoms with E-state index in [1.54, 1.807) is 6.92 Å². The van der Waals surface area contributed by atoms with Gasteiger partial charge >= 0.3 is 0 Å². The van der Waals surface area contributed by atoms with Crippen molar-refractivity contribution in [2.45, 2.75) is 31.7 Å². The van der Waals surface area contributed by atoms with Gasteiger partial charge in [-0.1, -0.05) is 6.92 Å². The van der Waals surface area contributed by atoms with Crippen LogP contribution in [0.3, 0.4) is 0 Å². The molecule has 1 aromatic rings. The molecule has 0 heterocycles. The van der Waals surface area contributed by atoms with Crippen molar-refractivity contribution in [3.05, 3.63) is 29.3 Å². The number of rotatable bonds is 6. The molecule has 0 radical (unpaired) electrons. The molecule has 1 atom stereocenters. The van der Waals surface area contributed by atoms with E-state index in [1.165, 1.54) is 0 Å². The van der Waals surface area contributed by atoms with Gasteiger partial charge in [0.2, 0.25) is 11.6 Å². The van der Waals surface area contributed by atoms with Gasteiger partial charge in [-0.3, -0.25) is 0 Å². The molecule has 0 fully saturated rings. The van der Waals surface area contributed by atoms with Crippen molar-refractivity contribution in [1.82, 2.24) is 0 Å². The Hall–Kier alpha value is -1.81. The van der Waals surface area contributed by atoms with Crippen LogP contribution in [0.4, 0.5) is 17.6 Å². The third-order valence-corrected chi connectivity index (χ3v) is 2.94. The normalized spacial score (nSPS) is 13.7. The molecule has 0 aromatic heterocycles. The summed E-state index contributed by atoms with van der Waals surface area (Å²) in [4.78, 5) is 0. The van der Waals surface area contributed by atoms with Crippen molar-refractivity contribution in [2.24, 2.45) is 5.73 Å². The lowest BCUT2D eigenvalue weighted by atomic mass is 9.94. The number of hydrogen-bond donors (Lipinski definition) is 1. The average Bonchev–Trinajstić information content (AvgIpc) is 2.44. The first kappa shape index (κ1) is 16.2. The Balaban J connectivity index is 2.66. The Labute approximate surface area is 113 Å². The second-order valence-corrected chi connectivity index (χ2v) is 4.37. The van der Waals surface area contributed by atoms with Crippen LogP contribution in [0.1, 0.15) is 26.2 Å². The second kappa shape index (κ2) is 6.57. The zero-order valence-electron chi connectivity index (χ0n) is 10.9. The first-order valence-electron chi connectivity index (χ1n) is 6.00. The third-order valence-electron chi connectivity index (χ3n) is 2.94. The van der Waals surface area contributed by atoms with Gasteiger partial charge in [0, 0.05) is 6.07 Å². The van der Waals surface area contributed by atoms with E-state index in [0.29, 0.717) is 6.42 Å². The number of hydrogen-bond acceptors (Lipinski definition) is 3. The van der Waals surface area contributed by atoms with Gasteiger partial charge in [-0.05, 0) is 19.3 Å². The van der Waals surface area contributed by atoms with Crippen molar-refractivity contribution in [3.8, 4) is 11.8 Å². The minimum absolute atomic E-state index is 0.106. The average molecular weight is 290 g/mol. The molecule has 1 rings (SSSR count). The Morgan fingerprint density at radius 3 is 2.25 bits per heavy atom. The first-order chi connectivity index (χ1) is 9.34. The lowest BCUT2D eigenvalue weighted by Crippen LogP contribution is -2.37. The van der Waals surface area contributed by atoms with Gasteiger partial charge in [0.15, 0.2) is 17.4 Å². The summed E-state index contributed by atoms with van der Waals surface area (Å²) < 4.78 is 57.0. The number of halogens is 4.